The SMILES string of the molecule is c1ccc(-c2nc(-c3ccccc3)nc(-c3ccccc3-c3cccc4c(-c5ccccc5-c5nc(-c6ccccc6)nc(-c6ccccc6)n5)cccc34)n2)cc1. The zero-order valence-electron chi connectivity index (χ0n) is 31.3. The van der Waals surface area contributed by atoms with Crippen molar-refractivity contribution in [2.24, 2.45) is 0 Å². The van der Waals surface area contributed by atoms with Crippen molar-refractivity contribution in [3.63, 3.8) is 0 Å². The lowest BCUT2D eigenvalue weighted by Gasteiger charge is -2.16. The molecule has 0 N–H and O–H groups in total. The van der Waals surface area contributed by atoms with Gasteiger partial charge in [0.25, 0.3) is 0 Å². The summed E-state index contributed by atoms with van der Waals surface area (Å²) in [5.41, 5.74) is 9.77. The molecule has 0 unspecified atom stereocenters. The molecule has 0 amide bonds. The molecule has 0 aliphatic carbocycles. The summed E-state index contributed by atoms with van der Waals surface area (Å²) in [6, 6.07) is 70.0. The Kier molecular flexibility index (Phi) is 9.10. The molecule has 272 valence electrons. The summed E-state index contributed by atoms with van der Waals surface area (Å²) >= 11 is 0. The highest BCUT2D eigenvalue weighted by atomic mass is 15.0. The maximum Gasteiger partial charge on any atom is 0.164 e. The van der Waals surface area contributed by atoms with Crippen molar-refractivity contribution in [1.29, 1.82) is 0 Å². The van der Waals surface area contributed by atoms with Gasteiger partial charge in [0.15, 0.2) is 34.9 Å². The number of fused-ring (bicyclic) bond motifs is 1. The van der Waals surface area contributed by atoms with E-state index in [9.17, 15) is 0 Å². The Morgan fingerprint density at radius 1 is 0.172 bits per heavy atom. The molecule has 6 heteroatoms. The largest absolute Gasteiger partial charge is 0.208 e. The fraction of sp³-hybridized carbons (Fsp3) is 0. The summed E-state index contributed by atoms with van der Waals surface area (Å²) in [7, 11) is 0. The van der Waals surface area contributed by atoms with Gasteiger partial charge in [-0.1, -0.05) is 206 Å². The van der Waals surface area contributed by atoms with Gasteiger partial charge in [-0.15, -0.1) is 0 Å². The monoisotopic (exact) mass is 742 g/mol. The van der Waals surface area contributed by atoms with E-state index in [4.69, 9.17) is 29.9 Å². The van der Waals surface area contributed by atoms with Crippen molar-refractivity contribution in [1.82, 2.24) is 29.9 Å². The van der Waals surface area contributed by atoms with E-state index >= 15 is 0 Å². The van der Waals surface area contributed by atoms with E-state index in [2.05, 4.69) is 72.8 Å². The smallest absolute Gasteiger partial charge is 0.164 e. The maximum atomic E-state index is 5.09. The van der Waals surface area contributed by atoms with Crippen LogP contribution in [0.2, 0.25) is 0 Å². The molecule has 0 aliphatic heterocycles. The Hall–Kier alpha value is -7.96. The highest BCUT2D eigenvalue weighted by Crippen LogP contribution is 2.41. The summed E-state index contributed by atoms with van der Waals surface area (Å²) < 4.78 is 0. The highest BCUT2D eigenvalue weighted by Gasteiger charge is 2.20. The number of hydrogen-bond donors (Lipinski definition) is 0. The van der Waals surface area contributed by atoms with Gasteiger partial charge in [0, 0.05) is 33.4 Å². The highest BCUT2D eigenvalue weighted by molar-refractivity contribution is 6.07. The van der Waals surface area contributed by atoms with Gasteiger partial charge >= 0.3 is 0 Å². The van der Waals surface area contributed by atoms with E-state index in [1.165, 1.54) is 0 Å². The van der Waals surface area contributed by atoms with Crippen LogP contribution in [0.15, 0.2) is 206 Å². The van der Waals surface area contributed by atoms with E-state index in [1.807, 2.05) is 133 Å². The first-order valence-electron chi connectivity index (χ1n) is 19.2. The number of rotatable bonds is 8. The molecule has 8 aromatic carbocycles. The van der Waals surface area contributed by atoms with Crippen molar-refractivity contribution in [3.05, 3.63) is 206 Å². The Balaban J connectivity index is 1.13. The first kappa shape index (κ1) is 34.5. The molecule has 0 saturated heterocycles. The summed E-state index contributed by atoms with van der Waals surface area (Å²) in [4.78, 5) is 30.2. The first-order chi connectivity index (χ1) is 28.8. The number of nitrogens with zero attached hydrogens (tertiary/aromatic N) is 6. The summed E-state index contributed by atoms with van der Waals surface area (Å²) in [5, 5.41) is 2.21. The Morgan fingerprint density at radius 3 is 0.724 bits per heavy atom. The van der Waals surface area contributed by atoms with Gasteiger partial charge in [0.2, 0.25) is 0 Å². The summed E-state index contributed by atoms with van der Waals surface area (Å²) in [6.07, 6.45) is 0. The van der Waals surface area contributed by atoms with Crippen molar-refractivity contribution >= 4 is 10.8 Å². The van der Waals surface area contributed by atoms with Crippen LogP contribution in [0.25, 0.3) is 101 Å². The van der Waals surface area contributed by atoms with E-state index in [-0.39, 0.29) is 0 Å². The molecular formula is C52H34N6. The molecule has 0 radical (unpaired) electrons. The van der Waals surface area contributed by atoms with E-state index in [0.29, 0.717) is 34.9 Å². The van der Waals surface area contributed by atoms with Crippen LogP contribution < -0.4 is 0 Å². The first-order valence-corrected chi connectivity index (χ1v) is 19.2. The molecule has 10 aromatic rings. The minimum Gasteiger partial charge on any atom is -0.208 e. The zero-order chi connectivity index (χ0) is 38.7. The van der Waals surface area contributed by atoms with Crippen LogP contribution in [-0.2, 0) is 0 Å². The van der Waals surface area contributed by atoms with Crippen LogP contribution in [0.3, 0.4) is 0 Å². The van der Waals surface area contributed by atoms with Crippen molar-refractivity contribution in [2.45, 2.75) is 0 Å². The lowest BCUT2D eigenvalue weighted by atomic mass is 9.89. The van der Waals surface area contributed by atoms with Crippen LogP contribution in [0, 0.1) is 0 Å². The second kappa shape index (κ2) is 15.3. The Bertz CT molecular complexity index is 2720. The van der Waals surface area contributed by atoms with Crippen LogP contribution in [0.1, 0.15) is 0 Å². The lowest BCUT2D eigenvalue weighted by molar-refractivity contribution is 1.07. The Morgan fingerprint density at radius 2 is 0.414 bits per heavy atom. The molecule has 0 saturated carbocycles. The maximum absolute atomic E-state index is 5.09. The van der Waals surface area contributed by atoms with Crippen molar-refractivity contribution in [2.75, 3.05) is 0 Å². The van der Waals surface area contributed by atoms with Crippen LogP contribution in [-0.4, -0.2) is 29.9 Å². The van der Waals surface area contributed by atoms with Gasteiger partial charge in [0.1, 0.15) is 0 Å². The molecule has 0 bridgehead atoms. The minimum absolute atomic E-state index is 0.611. The van der Waals surface area contributed by atoms with Gasteiger partial charge < -0.3 is 0 Å². The second-order valence-electron chi connectivity index (χ2n) is 13.9. The van der Waals surface area contributed by atoms with E-state index in [1.54, 1.807) is 0 Å². The lowest BCUT2D eigenvalue weighted by Crippen LogP contribution is -2.01. The van der Waals surface area contributed by atoms with Gasteiger partial charge in [-0.25, -0.2) is 29.9 Å². The summed E-state index contributed by atoms with van der Waals surface area (Å²) in [5.74, 6) is 3.72. The van der Waals surface area contributed by atoms with Crippen molar-refractivity contribution < 1.29 is 0 Å². The Labute approximate surface area is 336 Å². The predicted molar refractivity (Wildman–Crippen MR) is 234 cm³/mol. The minimum atomic E-state index is 0.611. The predicted octanol–water partition coefficient (Wildman–Crippen LogP) is 12.5. The molecule has 6 nitrogen and oxygen atoms in total. The van der Waals surface area contributed by atoms with E-state index in [0.717, 1.165) is 66.4 Å². The van der Waals surface area contributed by atoms with E-state index < -0.39 is 0 Å². The molecule has 2 aromatic heterocycles. The third-order valence-corrected chi connectivity index (χ3v) is 10.2. The third-order valence-electron chi connectivity index (χ3n) is 10.2. The normalized spacial score (nSPS) is 11.1. The van der Waals surface area contributed by atoms with Crippen molar-refractivity contribution in [3.8, 4) is 90.6 Å². The summed E-state index contributed by atoms with van der Waals surface area (Å²) in [6.45, 7) is 0. The quantitative estimate of drug-likeness (QED) is 0.154. The van der Waals surface area contributed by atoms with Gasteiger partial charge in [-0.3, -0.25) is 0 Å². The molecule has 0 atom stereocenters. The van der Waals surface area contributed by atoms with Crippen LogP contribution in [0.4, 0.5) is 0 Å². The zero-order valence-corrected chi connectivity index (χ0v) is 31.3. The molecule has 2 heterocycles. The second-order valence-corrected chi connectivity index (χ2v) is 13.9. The van der Waals surface area contributed by atoms with Gasteiger partial charge in [-0.2, -0.15) is 0 Å². The molecule has 0 spiro atoms. The fourth-order valence-electron chi connectivity index (χ4n) is 7.46. The van der Waals surface area contributed by atoms with Crippen LogP contribution in [0.5, 0.6) is 0 Å². The van der Waals surface area contributed by atoms with Gasteiger partial charge in [-0.05, 0) is 33.0 Å². The molecule has 0 fully saturated rings. The number of hydrogen-bond acceptors (Lipinski definition) is 6. The van der Waals surface area contributed by atoms with Crippen LogP contribution >= 0.6 is 0 Å². The van der Waals surface area contributed by atoms with Gasteiger partial charge in [0.05, 0.1) is 0 Å². The number of aromatic nitrogens is 6. The molecule has 0 aliphatic rings. The molecule has 58 heavy (non-hydrogen) atoms. The molecule has 10 rings (SSSR count). The fourth-order valence-corrected chi connectivity index (χ4v) is 7.46. The average Bonchev–Trinajstić information content (AvgIpc) is 3.32. The topological polar surface area (TPSA) is 77.3 Å². The standard InChI is InChI=1S/C52H34N6/c1-5-19-35(20-6-1)47-53-48(36-21-7-2-8-22-36)56-51(55-47)45-29-15-13-27-43(45)41-33-17-32-40-39(41)31-18-34-42(40)44-28-14-16-30-46(44)52-57-49(37-23-9-3-10-24-37)54-50(58-52)38-25-11-4-12-26-38/h1-34H. The third kappa shape index (κ3) is 6.69. The molecular weight excluding hydrogens is 709 g/mol. The number of benzene rings is 8. The average molecular weight is 743 g/mol.